The monoisotopic (exact) mass is 326 g/mol. The molecule has 0 fully saturated rings. The number of rotatable bonds is 5. The molecule has 0 spiro atoms. The molecule has 2 aliphatic rings. The van der Waals surface area contributed by atoms with Crippen molar-refractivity contribution in [2.24, 2.45) is 10.8 Å². The minimum atomic E-state index is 0.0469. The Kier molecular flexibility index (Phi) is 3.80. The molecular formula is C25H26. The fraction of sp³-hybridized carbons (Fsp3) is 0.280. The van der Waals surface area contributed by atoms with Gasteiger partial charge in [-0.3, -0.25) is 0 Å². The summed E-state index contributed by atoms with van der Waals surface area (Å²) in [6.07, 6.45) is 13.4. The number of hydrogen-bond donors (Lipinski definition) is 0. The fourth-order valence-corrected chi connectivity index (χ4v) is 4.92. The van der Waals surface area contributed by atoms with E-state index < -0.39 is 0 Å². The molecule has 0 heteroatoms. The SMILES string of the molecule is C=CCCC(C)(C1c2ccccc2-c2ccccc21)C1(C)C=CC=C1. The molecule has 0 radical (unpaired) electrons. The van der Waals surface area contributed by atoms with Gasteiger partial charge in [-0.2, -0.15) is 0 Å². The van der Waals surface area contributed by atoms with Gasteiger partial charge in [0.05, 0.1) is 0 Å². The van der Waals surface area contributed by atoms with E-state index >= 15 is 0 Å². The predicted octanol–water partition coefficient (Wildman–Crippen LogP) is 6.90. The highest BCUT2D eigenvalue weighted by Crippen LogP contribution is 2.62. The second-order valence-electron chi connectivity index (χ2n) is 7.85. The molecule has 1 atom stereocenters. The highest BCUT2D eigenvalue weighted by Gasteiger charge is 2.50. The lowest BCUT2D eigenvalue weighted by Crippen LogP contribution is -2.39. The number of benzene rings is 2. The molecule has 0 amide bonds. The summed E-state index contributed by atoms with van der Waals surface area (Å²) in [5, 5.41) is 0. The van der Waals surface area contributed by atoms with Crippen LogP contribution in [0.5, 0.6) is 0 Å². The highest BCUT2D eigenvalue weighted by atomic mass is 14.5. The summed E-state index contributed by atoms with van der Waals surface area (Å²) < 4.78 is 0. The van der Waals surface area contributed by atoms with E-state index in [9.17, 15) is 0 Å². The first kappa shape index (κ1) is 16.1. The minimum absolute atomic E-state index is 0.0469. The lowest BCUT2D eigenvalue weighted by atomic mass is 9.55. The van der Waals surface area contributed by atoms with E-state index in [2.05, 4.69) is 99.3 Å². The maximum Gasteiger partial charge on any atom is 0.0167 e. The maximum atomic E-state index is 3.99. The molecular weight excluding hydrogens is 300 g/mol. The third-order valence-corrected chi connectivity index (χ3v) is 6.57. The molecule has 0 bridgehead atoms. The third kappa shape index (κ3) is 2.28. The molecule has 2 aromatic rings. The molecule has 4 rings (SSSR count). The Balaban J connectivity index is 1.95. The van der Waals surface area contributed by atoms with Crippen LogP contribution < -0.4 is 0 Å². The van der Waals surface area contributed by atoms with Crippen molar-refractivity contribution in [3.05, 3.63) is 96.6 Å². The van der Waals surface area contributed by atoms with Gasteiger partial charge < -0.3 is 0 Å². The van der Waals surface area contributed by atoms with Crippen molar-refractivity contribution >= 4 is 0 Å². The van der Waals surface area contributed by atoms with Crippen LogP contribution in [0.1, 0.15) is 43.7 Å². The van der Waals surface area contributed by atoms with Gasteiger partial charge in [0, 0.05) is 11.3 Å². The Morgan fingerprint density at radius 1 is 0.960 bits per heavy atom. The summed E-state index contributed by atoms with van der Waals surface area (Å²) in [7, 11) is 0. The Bertz CT molecular complexity index is 810. The second kappa shape index (κ2) is 5.88. The van der Waals surface area contributed by atoms with Crippen LogP contribution in [-0.2, 0) is 0 Å². The van der Waals surface area contributed by atoms with Crippen molar-refractivity contribution in [1.29, 1.82) is 0 Å². The third-order valence-electron chi connectivity index (χ3n) is 6.57. The number of allylic oxidation sites excluding steroid dienone is 5. The summed E-state index contributed by atoms with van der Waals surface area (Å²) in [6.45, 7) is 8.85. The molecule has 1 unspecified atom stereocenters. The van der Waals surface area contributed by atoms with E-state index in [-0.39, 0.29) is 10.8 Å². The summed E-state index contributed by atoms with van der Waals surface area (Å²) in [4.78, 5) is 0. The van der Waals surface area contributed by atoms with Crippen LogP contribution in [0, 0.1) is 10.8 Å². The van der Waals surface area contributed by atoms with E-state index in [1.165, 1.54) is 22.3 Å². The Morgan fingerprint density at radius 3 is 2.00 bits per heavy atom. The van der Waals surface area contributed by atoms with Crippen molar-refractivity contribution in [2.75, 3.05) is 0 Å². The first-order valence-electron chi connectivity index (χ1n) is 9.27. The summed E-state index contributed by atoms with van der Waals surface area (Å²) in [5.74, 6) is 0.400. The zero-order valence-corrected chi connectivity index (χ0v) is 15.2. The van der Waals surface area contributed by atoms with Gasteiger partial charge in [-0.1, -0.05) is 92.8 Å². The minimum Gasteiger partial charge on any atom is -0.103 e. The number of hydrogen-bond acceptors (Lipinski definition) is 0. The van der Waals surface area contributed by atoms with E-state index in [1.54, 1.807) is 0 Å². The smallest absolute Gasteiger partial charge is 0.0167 e. The average Bonchev–Trinajstić information content (AvgIpc) is 3.23. The Hall–Kier alpha value is -2.34. The van der Waals surface area contributed by atoms with Crippen molar-refractivity contribution in [2.45, 2.75) is 32.6 Å². The van der Waals surface area contributed by atoms with Crippen molar-refractivity contribution in [1.82, 2.24) is 0 Å². The molecule has 0 saturated carbocycles. The molecule has 0 aliphatic heterocycles. The molecule has 2 aromatic carbocycles. The van der Waals surface area contributed by atoms with Crippen LogP contribution >= 0.6 is 0 Å². The molecule has 0 nitrogen and oxygen atoms in total. The van der Waals surface area contributed by atoms with Crippen LogP contribution in [-0.4, -0.2) is 0 Å². The van der Waals surface area contributed by atoms with Crippen LogP contribution in [0.2, 0.25) is 0 Å². The Labute approximate surface area is 151 Å². The van der Waals surface area contributed by atoms with E-state index in [1.807, 2.05) is 0 Å². The summed E-state index contributed by atoms with van der Waals surface area (Å²) >= 11 is 0. The van der Waals surface area contributed by atoms with Crippen LogP contribution in [0.4, 0.5) is 0 Å². The molecule has 0 aromatic heterocycles. The van der Waals surface area contributed by atoms with Crippen LogP contribution in [0.3, 0.4) is 0 Å². The maximum absolute atomic E-state index is 3.99. The summed E-state index contributed by atoms with van der Waals surface area (Å²) in [5.41, 5.74) is 5.90. The van der Waals surface area contributed by atoms with Gasteiger partial charge in [-0.25, -0.2) is 0 Å². The van der Waals surface area contributed by atoms with Crippen molar-refractivity contribution in [3.63, 3.8) is 0 Å². The van der Waals surface area contributed by atoms with Crippen LogP contribution in [0.15, 0.2) is 85.5 Å². The quantitative estimate of drug-likeness (QED) is 0.524. The van der Waals surface area contributed by atoms with E-state index in [0.29, 0.717) is 5.92 Å². The first-order valence-corrected chi connectivity index (χ1v) is 9.27. The normalized spacial score (nSPS) is 19.4. The van der Waals surface area contributed by atoms with Gasteiger partial charge in [0.1, 0.15) is 0 Å². The second-order valence-corrected chi connectivity index (χ2v) is 7.85. The van der Waals surface area contributed by atoms with E-state index in [4.69, 9.17) is 0 Å². The zero-order chi connectivity index (χ0) is 17.5. The predicted molar refractivity (Wildman–Crippen MR) is 108 cm³/mol. The van der Waals surface area contributed by atoms with Gasteiger partial charge in [0.15, 0.2) is 0 Å². The van der Waals surface area contributed by atoms with Gasteiger partial charge >= 0.3 is 0 Å². The molecule has 0 heterocycles. The van der Waals surface area contributed by atoms with Gasteiger partial charge in [0.25, 0.3) is 0 Å². The molecule has 0 N–H and O–H groups in total. The topological polar surface area (TPSA) is 0 Å². The van der Waals surface area contributed by atoms with Gasteiger partial charge in [-0.05, 0) is 40.5 Å². The van der Waals surface area contributed by atoms with Gasteiger partial charge in [0.2, 0.25) is 0 Å². The standard InChI is InChI=1S/C25H26/c1-4-5-18-25(3,24(2)16-10-11-17-24)23-21-14-8-6-12-19(21)20-13-7-9-15-22(20)23/h4,6-17,23H,1,5,18H2,2-3H3. The Morgan fingerprint density at radius 2 is 1.48 bits per heavy atom. The molecule has 126 valence electrons. The summed E-state index contributed by atoms with van der Waals surface area (Å²) in [6, 6.07) is 17.9. The van der Waals surface area contributed by atoms with Gasteiger partial charge in [-0.15, -0.1) is 6.58 Å². The fourth-order valence-electron chi connectivity index (χ4n) is 4.92. The molecule has 25 heavy (non-hydrogen) atoms. The number of fused-ring (bicyclic) bond motifs is 3. The lowest BCUT2D eigenvalue weighted by molar-refractivity contribution is 0.133. The zero-order valence-electron chi connectivity index (χ0n) is 15.2. The largest absolute Gasteiger partial charge is 0.103 e. The lowest BCUT2D eigenvalue weighted by Gasteiger charge is -2.47. The average molecular weight is 326 g/mol. The molecule has 2 aliphatic carbocycles. The van der Waals surface area contributed by atoms with E-state index in [0.717, 1.165) is 12.8 Å². The van der Waals surface area contributed by atoms with Crippen LogP contribution in [0.25, 0.3) is 11.1 Å². The van der Waals surface area contributed by atoms with Crippen molar-refractivity contribution in [3.8, 4) is 11.1 Å². The molecule has 0 saturated heterocycles. The highest BCUT2D eigenvalue weighted by molar-refractivity contribution is 5.79. The first-order chi connectivity index (χ1) is 12.1. The van der Waals surface area contributed by atoms with Crippen molar-refractivity contribution < 1.29 is 0 Å².